The lowest BCUT2D eigenvalue weighted by atomic mass is 10.1. The summed E-state index contributed by atoms with van der Waals surface area (Å²) in [6.45, 7) is 0.618. The Morgan fingerprint density at radius 2 is 1.86 bits per heavy atom. The first-order chi connectivity index (χ1) is 13.5. The quantitative estimate of drug-likeness (QED) is 0.410. The van der Waals surface area contributed by atoms with Crippen LogP contribution in [0.1, 0.15) is 11.1 Å². The summed E-state index contributed by atoms with van der Waals surface area (Å²) in [4.78, 5) is 0. The lowest BCUT2D eigenvalue weighted by Crippen LogP contribution is -2.06. The predicted molar refractivity (Wildman–Crippen MR) is 112 cm³/mol. The molecule has 0 spiro atoms. The number of benzene rings is 3. The number of nitrogens with one attached hydrogen (secondary N) is 1. The Labute approximate surface area is 176 Å². The SMILES string of the molecule is COc1ccc(Br)c(CNc2ccc(O)cc2)c1OCc1ccc(F)cc1Cl. The van der Waals surface area contributed by atoms with Crippen molar-refractivity contribution in [1.82, 2.24) is 0 Å². The highest BCUT2D eigenvalue weighted by atomic mass is 79.9. The van der Waals surface area contributed by atoms with Gasteiger partial charge in [0.05, 0.1) is 12.1 Å². The van der Waals surface area contributed by atoms with Crippen molar-refractivity contribution in [2.75, 3.05) is 12.4 Å². The van der Waals surface area contributed by atoms with Gasteiger partial charge in [-0.25, -0.2) is 4.39 Å². The average molecular weight is 467 g/mol. The second-order valence-electron chi connectivity index (χ2n) is 5.98. The van der Waals surface area contributed by atoms with E-state index in [1.807, 2.05) is 6.07 Å². The van der Waals surface area contributed by atoms with E-state index in [4.69, 9.17) is 21.1 Å². The minimum Gasteiger partial charge on any atom is -0.508 e. The molecule has 0 atom stereocenters. The molecule has 0 unspecified atom stereocenters. The molecule has 0 aliphatic rings. The van der Waals surface area contributed by atoms with Crippen LogP contribution in [0, 0.1) is 5.82 Å². The normalized spacial score (nSPS) is 10.6. The molecule has 0 aliphatic heterocycles. The molecule has 4 nitrogen and oxygen atoms in total. The number of phenols is 1. The van der Waals surface area contributed by atoms with Crippen LogP contribution in [-0.4, -0.2) is 12.2 Å². The molecule has 0 bridgehead atoms. The predicted octanol–water partition coefficient (Wildman–Crippen LogP) is 6.15. The lowest BCUT2D eigenvalue weighted by molar-refractivity contribution is 0.281. The van der Waals surface area contributed by atoms with Crippen LogP contribution in [0.5, 0.6) is 17.2 Å². The summed E-state index contributed by atoms with van der Waals surface area (Å²) < 4.78 is 25.6. The van der Waals surface area contributed by atoms with E-state index in [0.717, 1.165) is 15.7 Å². The molecular formula is C21H18BrClFNO3. The number of aromatic hydroxyl groups is 1. The maximum Gasteiger partial charge on any atom is 0.167 e. The molecule has 3 aromatic rings. The lowest BCUT2D eigenvalue weighted by Gasteiger charge is -2.18. The molecule has 0 heterocycles. The Balaban J connectivity index is 1.83. The smallest absolute Gasteiger partial charge is 0.167 e. The van der Waals surface area contributed by atoms with E-state index < -0.39 is 5.82 Å². The Morgan fingerprint density at radius 3 is 2.54 bits per heavy atom. The van der Waals surface area contributed by atoms with Crippen molar-refractivity contribution < 1.29 is 19.0 Å². The van der Waals surface area contributed by atoms with Crippen LogP contribution >= 0.6 is 27.5 Å². The van der Waals surface area contributed by atoms with Crippen molar-refractivity contribution in [3.8, 4) is 17.2 Å². The number of ether oxygens (including phenoxy) is 2. The summed E-state index contributed by atoms with van der Waals surface area (Å²) in [6.07, 6.45) is 0. The number of halogens is 3. The van der Waals surface area contributed by atoms with Gasteiger partial charge in [0.2, 0.25) is 0 Å². The molecule has 0 amide bonds. The van der Waals surface area contributed by atoms with Crippen molar-refractivity contribution in [3.05, 3.63) is 81.0 Å². The fourth-order valence-corrected chi connectivity index (χ4v) is 3.30. The number of phenolic OH excluding ortho intramolecular Hbond substituents is 1. The topological polar surface area (TPSA) is 50.7 Å². The van der Waals surface area contributed by atoms with E-state index in [9.17, 15) is 9.50 Å². The highest BCUT2D eigenvalue weighted by Crippen LogP contribution is 2.37. The van der Waals surface area contributed by atoms with Gasteiger partial charge in [0.1, 0.15) is 18.2 Å². The maximum absolute atomic E-state index is 13.3. The molecule has 28 heavy (non-hydrogen) atoms. The number of hydrogen-bond donors (Lipinski definition) is 2. The van der Waals surface area contributed by atoms with Crippen molar-refractivity contribution in [3.63, 3.8) is 0 Å². The summed E-state index contributed by atoms with van der Waals surface area (Å²) in [5.74, 6) is 0.938. The Bertz CT molecular complexity index is 967. The van der Waals surface area contributed by atoms with Crippen LogP contribution in [0.2, 0.25) is 5.02 Å². The van der Waals surface area contributed by atoms with Crippen LogP contribution in [0.4, 0.5) is 10.1 Å². The number of rotatable bonds is 7. The Hall–Kier alpha value is -2.44. The Kier molecular flexibility index (Phi) is 6.65. The van der Waals surface area contributed by atoms with E-state index >= 15 is 0 Å². The third kappa shape index (κ3) is 4.88. The third-order valence-corrected chi connectivity index (χ3v) is 5.21. The molecule has 0 saturated heterocycles. The van der Waals surface area contributed by atoms with E-state index in [2.05, 4.69) is 21.2 Å². The standard InChI is InChI=1S/C21H18BrClFNO3/c1-27-20-9-8-18(22)17(11-25-15-4-6-16(26)7-5-15)21(20)28-12-13-2-3-14(24)10-19(13)23/h2-10,25-26H,11-12H2,1H3. The zero-order valence-electron chi connectivity index (χ0n) is 15.0. The van der Waals surface area contributed by atoms with Crippen LogP contribution < -0.4 is 14.8 Å². The summed E-state index contributed by atoms with van der Waals surface area (Å²) in [6, 6.07) is 14.6. The molecule has 2 N–H and O–H groups in total. The second kappa shape index (κ2) is 9.17. The summed E-state index contributed by atoms with van der Waals surface area (Å²) in [7, 11) is 1.57. The van der Waals surface area contributed by atoms with Crippen molar-refractivity contribution in [2.24, 2.45) is 0 Å². The van der Waals surface area contributed by atoms with Gasteiger partial charge >= 0.3 is 0 Å². The maximum atomic E-state index is 13.3. The monoisotopic (exact) mass is 465 g/mol. The van der Waals surface area contributed by atoms with Gasteiger partial charge in [-0.2, -0.15) is 0 Å². The van der Waals surface area contributed by atoms with Crippen molar-refractivity contribution in [2.45, 2.75) is 13.2 Å². The molecule has 0 aliphatic carbocycles. The average Bonchev–Trinajstić information content (AvgIpc) is 2.68. The van der Waals surface area contributed by atoms with Gasteiger partial charge in [0.15, 0.2) is 11.5 Å². The molecule has 0 fully saturated rings. The minimum absolute atomic E-state index is 0.165. The van der Waals surface area contributed by atoms with Crippen LogP contribution in [0.3, 0.4) is 0 Å². The van der Waals surface area contributed by atoms with Gasteiger partial charge in [0, 0.05) is 27.8 Å². The first-order valence-electron chi connectivity index (χ1n) is 8.43. The zero-order chi connectivity index (χ0) is 20.1. The van der Waals surface area contributed by atoms with E-state index in [1.54, 1.807) is 43.5 Å². The van der Waals surface area contributed by atoms with Gasteiger partial charge < -0.3 is 19.9 Å². The summed E-state index contributed by atoms with van der Waals surface area (Å²) in [5, 5.41) is 13.0. The number of hydrogen-bond acceptors (Lipinski definition) is 4. The Morgan fingerprint density at radius 1 is 1.11 bits per heavy atom. The molecular weight excluding hydrogens is 449 g/mol. The minimum atomic E-state index is -0.396. The van der Waals surface area contributed by atoms with Gasteiger partial charge in [-0.05, 0) is 48.5 Å². The van der Waals surface area contributed by atoms with Gasteiger partial charge in [0.25, 0.3) is 0 Å². The first-order valence-corrected chi connectivity index (χ1v) is 9.60. The highest BCUT2D eigenvalue weighted by Gasteiger charge is 2.16. The largest absolute Gasteiger partial charge is 0.508 e. The molecule has 146 valence electrons. The molecule has 7 heteroatoms. The summed E-state index contributed by atoms with van der Waals surface area (Å²) in [5.41, 5.74) is 2.37. The molecule has 0 radical (unpaired) electrons. The fourth-order valence-electron chi connectivity index (χ4n) is 2.62. The van der Waals surface area contributed by atoms with Crippen molar-refractivity contribution in [1.29, 1.82) is 0 Å². The molecule has 3 rings (SSSR count). The second-order valence-corrected chi connectivity index (χ2v) is 7.24. The fraction of sp³-hybridized carbons (Fsp3) is 0.143. The number of methoxy groups -OCH3 is 1. The van der Waals surface area contributed by atoms with E-state index in [1.165, 1.54) is 12.1 Å². The highest BCUT2D eigenvalue weighted by molar-refractivity contribution is 9.10. The van der Waals surface area contributed by atoms with Gasteiger partial charge in [-0.3, -0.25) is 0 Å². The van der Waals surface area contributed by atoms with Crippen molar-refractivity contribution >= 4 is 33.2 Å². The van der Waals surface area contributed by atoms with E-state index in [-0.39, 0.29) is 12.4 Å². The molecule has 3 aromatic carbocycles. The summed E-state index contributed by atoms with van der Waals surface area (Å²) >= 11 is 9.66. The molecule has 0 saturated carbocycles. The van der Waals surface area contributed by atoms with Crippen LogP contribution in [0.15, 0.2) is 59.1 Å². The van der Waals surface area contributed by atoms with Crippen LogP contribution in [-0.2, 0) is 13.2 Å². The molecule has 0 aromatic heterocycles. The third-order valence-electron chi connectivity index (χ3n) is 4.11. The van der Waals surface area contributed by atoms with E-state index in [0.29, 0.717) is 28.6 Å². The zero-order valence-corrected chi connectivity index (χ0v) is 17.3. The first kappa shape index (κ1) is 20.3. The van der Waals surface area contributed by atoms with Gasteiger partial charge in [-0.1, -0.05) is 33.6 Å². The van der Waals surface area contributed by atoms with Crippen LogP contribution in [0.25, 0.3) is 0 Å². The number of anilines is 1. The van der Waals surface area contributed by atoms with Gasteiger partial charge in [-0.15, -0.1) is 0 Å².